The molecule has 30 heavy (non-hydrogen) atoms. The molecule has 10 nitrogen and oxygen atoms in total. The third-order valence-electron chi connectivity index (χ3n) is 4.30. The fourth-order valence-corrected chi connectivity index (χ4v) is 3.68. The van der Waals surface area contributed by atoms with Crippen molar-refractivity contribution in [3.05, 3.63) is 50.4 Å². The van der Waals surface area contributed by atoms with Gasteiger partial charge in [0.15, 0.2) is 11.2 Å². The van der Waals surface area contributed by atoms with Crippen LogP contribution in [0.4, 0.5) is 14.5 Å². The molecular weight excluding hydrogens is 448 g/mol. The number of aryl methyl sites for hydroxylation is 1. The van der Waals surface area contributed by atoms with Crippen LogP contribution in [0.1, 0.15) is 0 Å². The lowest BCUT2D eigenvalue weighted by atomic mass is 10.3. The Morgan fingerprint density at radius 1 is 1.17 bits per heavy atom. The minimum absolute atomic E-state index is 0.00228. The van der Waals surface area contributed by atoms with E-state index in [4.69, 9.17) is 11.6 Å². The van der Waals surface area contributed by atoms with Crippen LogP contribution in [0.5, 0.6) is 0 Å². The maximum atomic E-state index is 12.6. The summed E-state index contributed by atoms with van der Waals surface area (Å²) >= 11 is 6.03. The summed E-state index contributed by atoms with van der Waals surface area (Å²) in [6, 6.07) is 4.15. The Bertz CT molecular complexity index is 1380. The smallest absolute Gasteiger partial charge is 0.325 e. The molecule has 0 aliphatic rings. The highest BCUT2D eigenvalue weighted by Gasteiger charge is 2.26. The second kappa shape index (κ2) is 7.65. The van der Waals surface area contributed by atoms with Crippen LogP contribution in [0.3, 0.4) is 0 Å². The van der Waals surface area contributed by atoms with Gasteiger partial charge >= 0.3 is 11.4 Å². The lowest BCUT2D eigenvalue weighted by Gasteiger charge is -2.09. The number of anilines is 1. The number of nitrogens with one attached hydrogen (secondary N) is 1. The molecule has 0 aliphatic heterocycles. The van der Waals surface area contributed by atoms with Crippen LogP contribution in [0, 0.1) is 0 Å². The lowest BCUT2D eigenvalue weighted by molar-refractivity contribution is -0.116. The van der Waals surface area contributed by atoms with E-state index in [2.05, 4.69) is 10.3 Å². The Hall–Kier alpha value is -3.06. The van der Waals surface area contributed by atoms with E-state index in [0.717, 1.165) is 38.0 Å². The average molecular weight is 462 g/mol. The number of alkyl halides is 2. The number of hydrogen-bond acceptors (Lipinski definition) is 6. The first kappa shape index (κ1) is 21.6. The summed E-state index contributed by atoms with van der Waals surface area (Å²) in [7, 11) is -2.09. The summed E-state index contributed by atoms with van der Waals surface area (Å²) in [4.78, 5) is 40.2. The lowest BCUT2D eigenvalue weighted by Crippen LogP contribution is -2.37. The van der Waals surface area contributed by atoms with Gasteiger partial charge in [0.1, 0.15) is 6.54 Å². The second-order valence-electron chi connectivity index (χ2n) is 6.22. The predicted octanol–water partition coefficient (Wildman–Crippen LogP) is 0.722. The molecule has 160 valence electrons. The standard InChI is InChI=1S/C16H14ClF2N5O5S/c1-22-12-11(13(26)23(2)16(22)27)24(14(17)21-12)7-10(25)20-8-3-5-9(6-4-8)30(28,29)15(18)19/h3-6,15H,7H2,1-2H3,(H,20,25). The highest BCUT2D eigenvalue weighted by atomic mass is 35.5. The number of carbonyl (C=O) groups excluding carboxylic acids is 1. The molecule has 3 aromatic rings. The summed E-state index contributed by atoms with van der Waals surface area (Å²) in [5.41, 5.74) is -1.23. The van der Waals surface area contributed by atoms with Crippen molar-refractivity contribution in [2.45, 2.75) is 17.2 Å². The van der Waals surface area contributed by atoms with Crippen molar-refractivity contribution in [3.63, 3.8) is 0 Å². The maximum absolute atomic E-state index is 12.6. The minimum Gasteiger partial charge on any atom is -0.325 e. The van der Waals surface area contributed by atoms with Crippen LogP contribution in [0.2, 0.25) is 5.28 Å². The zero-order valence-corrected chi connectivity index (χ0v) is 17.0. The van der Waals surface area contributed by atoms with Gasteiger partial charge in [-0.3, -0.25) is 23.3 Å². The first-order valence-electron chi connectivity index (χ1n) is 8.19. The van der Waals surface area contributed by atoms with Gasteiger partial charge < -0.3 is 5.32 Å². The van der Waals surface area contributed by atoms with Gasteiger partial charge in [-0.1, -0.05) is 0 Å². The number of aromatic nitrogens is 4. The van der Waals surface area contributed by atoms with Crippen LogP contribution >= 0.6 is 11.6 Å². The molecule has 1 amide bonds. The van der Waals surface area contributed by atoms with Crippen molar-refractivity contribution in [1.29, 1.82) is 0 Å². The normalized spacial score (nSPS) is 11.9. The largest absolute Gasteiger partial charge is 0.341 e. The first-order valence-corrected chi connectivity index (χ1v) is 10.1. The van der Waals surface area contributed by atoms with Crippen LogP contribution < -0.4 is 16.6 Å². The Balaban J connectivity index is 1.89. The van der Waals surface area contributed by atoms with Gasteiger partial charge in [0.25, 0.3) is 5.56 Å². The molecule has 0 spiro atoms. The van der Waals surface area contributed by atoms with E-state index in [0.29, 0.717) is 0 Å². The number of imidazole rings is 1. The Morgan fingerprint density at radius 3 is 2.33 bits per heavy atom. The van der Waals surface area contributed by atoms with E-state index in [9.17, 15) is 31.6 Å². The molecule has 3 rings (SSSR count). The molecule has 2 aromatic heterocycles. The molecule has 14 heteroatoms. The second-order valence-corrected chi connectivity index (χ2v) is 8.48. The summed E-state index contributed by atoms with van der Waals surface area (Å²) in [5.74, 6) is -4.22. The van der Waals surface area contributed by atoms with E-state index in [1.165, 1.54) is 14.1 Å². The van der Waals surface area contributed by atoms with E-state index < -0.39 is 44.2 Å². The zero-order chi connectivity index (χ0) is 22.4. The number of rotatable bonds is 5. The van der Waals surface area contributed by atoms with Gasteiger partial charge in [0, 0.05) is 19.8 Å². The van der Waals surface area contributed by atoms with Crippen molar-refractivity contribution in [3.8, 4) is 0 Å². The highest BCUT2D eigenvalue weighted by Crippen LogP contribution is 2.21. The van der Waals surface area contributed by atoms with Gasteiger partial charge in [0.05, 0.1) is 4.90 Å². The van der Waals surface area contributed by atoms with Gasteiger partial charge in [-0.15, -0.1) is 0 Å². The third-order valence-corrected chi connectivity index (χ3v) is 5.99. The topological polar surface area (TPSA) is 125 Å². The van der Waals surface area contributed by atoms with E-state index >= 15 is 0 Å². The molecular formula is C16H14ClF2N5O5S. The molecule has 0 fully saturated rings. The number of carbonyl (C=O) groups is 1. The Morgan fingerprint density at radius 2 is 1.77 bits per heavy atom. The number of nitrogens with zero attached hydrogens (tertiary/aromatic N) is 4. The monoisotopic (exact) mass is 461 g/mol. The quantitative estimate of drug-likeness (QED) is 0.558. The molecule has 0 radical (unpaired) electrons. The molecule has 1 N–H and O–H groups in total. The molecule has 2 heterocycles. The van der Waals surface area contributed by atoms with Crippen molar-refractivity contribution in [1.82, 2.24) is 18.7 Å². The van der Waals surface area contributed by atoms with Crippen molar-refractivity contribution < 1.29 is 22.0 Å². The molecule has 1 aromatic carbocycles. The molecule has 0 saturated heterocycles. The first-order chi connectivity index (χ1) is 13.9. The molecule has 0 saturated carbocycles. The van der Waals surface area contributed by atoms with Gasteiger partial charge in [-0.05, 0) is 35.9 Å². The fraction of sp³-hybridized carbons (Fsp3) is 0.250. The van der Waals surface area contributed by atoms with Crippen molar-refractivity contribution in [2.24, 2.45) is 14.1 Å². The number of benzene rings is 1. The zero-order valence-electron chi connectivity index (χ0n) is 15.5. The van der Waals surface area contributed by atoms with Crippen molar-refractivity contribution >= 4 is 44.2 Å². The van der Waals surface area contributed by atoms with E-state index in [-0.39, 0.29) is 22.1 Å². The third kappa shape index (κ3) is 3.61. The Labute approximate surface area is 172 Å². The molecule has 0 aliphatic carbocycles. The Kier molecular flexibility index (Phi) is 5.52. The fourth-order valence-electron chi connectivity index (χ4n) is 2.74. The SMILES string of the molecule is Cn1c(=O)c2c(nc(Cl)n2CC(=O)Nc2ccc(S(=O)(=O)C(F)F)cc2)n(C)c1=O. The van der Waals surface area contributed by atoms with Crippen LogP contribution in [-0.2, 0) is 35.3 Å². The summed E-state index contributed by atoms with van der Waals surface area (Å²) in [6.07, 6.45) is 0. The number of amides is 1. The van der Waals surface area contributed by atoms with E-state index in [1.54, 1.807) is 0 Å². The molecule has 0 atom stereocenters. The van der Waals surface area contributed by atoms with Crippen LogP contribution in [0.15, 0.2) is 38.8 Å². The van der Waals surface area contributed by atoms with Gasteiger partial charge in [-0.2, -0.15) is 13.8 Å². The summed E-state index contributed by atoms with van der Waals surface area (Å²) in [6.45, 7) is -0.445. The van der Waals surface area contributed by atoms with Gasteiger partial charge in [-0.25, -0.2) is 13.2 Å². The van der Waals surface area contributed by atoms with E-state index in [1.807, 2.05) is 0 Å². The average Bonchev–Trinajstić information content (AvgIpc) is 3.01. The summed E-state index contributed by atoms with van der Waals surface area (Å²) < 4.78 is 51.1. The number of hydrogen-bond donors (Lipinski definition) is 1. The minimum atomic E-state index is -4.75. The van der Waals surface area contributed by atoms with Crippen LogP contribution in [-0.4, -0.2) is 38.8 Å². The molecule has 0 unspecified atom stereocenters. The van der Waals surface area contributed by atoms with Crippen LogP contribution in [0.25, 0.3) is 11.2 Å². The number of halogens is 3. The summed E-state index contributed by atoms with van der Waals surface area (Å²) in [5, 5.41) is 2.24. The number of fused-ring (bicyclic) bond motifs is 1. The van der Waals surface area contributed by atoms with Crippen molar-refractivity contribution in [2.75, 3.05) is 5.32 Å². The highest BCUT2D eigenvalue weighted by molar-refractivity contribution is 7.91. The molecule has 0 bridgehead atoms. The number of sulfone groups is 1. The maximum Gasteiger partial charge on any atom is 0.341 e. The van der Waals surface area contributed by atoms with Gasteiger partial charge in [0.2, 0.25) is 21.0 Å². The predicted molar refractivity (Wildman–Crippen MR) is 103 cm³/mol.